The first kappa shape index (κ1) is 28.4. The largest absolute Gasteiger partial charge is 0.382 e. The SMILES string of the molecule is COCC(NC(=O)c1cnc(C)s1)C(=O)N[C@@H](COC)C(=O)NC(Cc1ccccc1)C(=O)C1(C)CO1.[HH].[HH].[HH]. The number of nitrogens with one attached hydrogen (secondary N) is 3. The van der Waals surface area contributed by atoms with Crippen molar-refractivity contribution >= 4 is 34.8 Å². The minimum atomic E-state index is -1.13. The van der Waals surface area contributed by atoms with Gasteiger partial charge in [-0.05, 0) is 25.8 Å². The molecule has 0 spiro atoms. The van der Waals surface area contributed by atoms with Crippen molar-refractivity contribution in [3.05, 3.63) is 52.0 Å². The van der Waals surface area contributed by atoms with Crippen molar-refractivity contribution in [1.82, 2.24) is 20.9 Å². The van der Waals surface area contributed by atoms with Gasteiger partial charge in [-0.3, -0.25) is 19.2 Å². The fourth-order valence-corrected chi connectivity index (χ4v) is 4.30. The number of hydrogen-bond donors (Lipinski definition) is 3. The van der Waals surface area contributed by atoms with E-state index in [1.165, 1.54) is 31.8 Å². The maximum atomic E-state index is 13.2. The maximum absolute atomic E-state index is 13.2. The van der Waals surface area contributed by atoms with Gasteiger partial charge in [0.1, 0.15) is 22.6 Å². The van der Waals surface area contributed by atoms with E-state index in [4.69, 9.17) is 14.2 Å². The third kappa shape index (κ3) is 7.89. The number of methoxy groups -OCH3 is 2. The second-order valence-corrected chi connectivity index (χ2v) is 10.1. The van der Waals surface area contributed by atoms with Crippen molar-refractivity contribution in [1.29, 1.82) is 0 Å². The summed E-state index contributed by atoms with van der Waals surface area (Å²) < 4.78 is 15.6. The van der Waals surface area contributed by atoms with Gasteiger partial charge >= 0.3 is 0 Å². The molecule has 1 aliphatic rings. The highest BCUT2D eigenvalue weighted by Crippen LogP contribution is 2.29. The number of carbonyl (C=O) groups excluding carboxylic acids is 4. The highest BCUT2D eigenvalue weighted by molar-refractivity contribution is 7.13. The lowest BCUT2D eigenvalue weighted by atomic mass is 9.94. The van der Waals surface area contributed by atoms with Gasteiger partial charge in [-0.15, -0.1) is 11.3 Å². The van der Waals surface area contributed by atoms with Crippen LogP contribution in [0, 0.1) is 6.92 Å². The first-order chi connectivity index (χ1) is 17.7. The molecule has 37 heavy (non-hydrogen) atoms. The van der Waals surface area contributed by atoms with Crippen molar-refractivity contribution < 1.29 is 37.7 Å². The Morgan fingerprint density at radius 3 is 2.11 bits per heavy atom. The number of epoxide rings is 1. The van der Waals surface area contributed by atoms with Crippen molar-refractivity contribution in [2.75, 3.05) is 34.0 Å². The van der Waals surface area contributed by atoms with E-state index in [-0.39, 0.29) is 36.3 Å². The molecule has 0 aliphatic carbocycles. The normalized spacial score (nSPS) is 18.8. The van der Waals surface area contributed by atoms with Crippen LogP contribution in [0.15, 0.2) is 36.5 Å². The molecule has 1 aliphatic heterocycles. The van der Waals surface area contributed by atoms with Gasteiger partial charge < -0.3 is 30.2 Å². The van der Waals surface area contributed by atoms with Crippen LogP contribution in [0.3, 0.4) is 0 Å². The molecular formula is C25H38N4O7S. The number of aromatic nitrogens is 1. The van der Waals surface area contributed by atoms with Gasteiger partial charge in [0.2, 0.25) is 11.8 Å². The topological polar surface area (TPSA) is 148 Å². The lowest BCUT2D eigenvalue weighted by molar-refractivity contribution is -0.134. The van der Waals surface area contributed by atoms with Crippen LogP contribution in [0.2, 0.25) is 0 Å². The Labute approximate surface area is 223 Å². The van der Waals surface area contributed by atoms with Crippen molar-refractivity contribution in [2.45, 2.75) is 44.0 Å². The summed E-state index contributed by atoms with van der Waals surface area (Å²) in [7, 11) is 2.78. The fraction of sp³-hybridized carbons (Fsp3) is 0.480. The van der Waals surface area contributed by atoms with E-state index >= 15 is 0 Å². The van der Waals surface area contributed by atoms with Crippen LogP contribution < -0.4 is 16.0 Å². The van der Waals surface area contributed by atoms with Gasteiger partial charge in [0.15, 0.2) is 5.78 Å². The minimum Gasteiger partial charge on any atom is -0.382 e. The van der Waals surface area contributed by atoms with Crippen LogP contribution >= 0.6 is 11.3 Å². The number of ketones is 1. The van der Waals surface area contributed by atoms with Crippen molar-refractivity contribution in [3.8, 4) is 0 Å². The van der Waals surface area contributed by atoms with E-state index in [1.807, 2.05) is 30.3 Å². The zero-order chi connectivity index (χ0) is 27.0. The molecule has 0 radical (unpaired) electrons. The lowest BCUT2D eigenvalue weighted by Crippen LogP contribution is -2.59. The number of benzene rings is 1. The van der Waals surface area contributed by atoms with E-state index in [9.17, 15) is 19.2 Å². The summed E-state index contributed by atoms with van der Waals surface area (Å²) in [4.78, 5) is 56.3. The molecule has 206 valence electrons. The van der Waals surface area contributed by atoms with Gasteiger partial charge in [0, 0.05) is 18.5 Å². The molecule has 3 rings (SSSR count). The number of Topliss-reactive ketones (excluding diaryl/α,β-unsaturated/α-hetero) is 1. The van der Waals surface area contributed by atoms with Gasteiger partial charge in [0.05, 0.1) is 37.1 Å². The van der Waals surface area contributed by atoms with Crippen LogP contribution in [0.5, 0.6) is 0 Å². The Bertz CT molecular complexity index is 1120. The molecule has 4 atom stereocenters. The lowest BCUT2D eigenvalue weighted by Gasteiger charge is -2.25. The van der Waals surface area contributed by atoms with Crippen LogP contribution in [-0.4, -0.2) is 86.3 Å². The molecule has 1 aromatic carbocycles. The zero-order valence-corrected chi connectivity index (χ0v) is 22.1. The van der Waals surface area contributed by atoms with Crippen LogP contribution in [-0.2, 0) is 35.0 Å². The van der Waals surface area contributed by atoms with Gasteiger partial charge in [-0.1, -0.05) is 30.3 Å². The first-order valence-corrected chi connectivity index (χ1v) is 12.5. The number of carbonyl (C=O) groups is 4. The second kappa shape index (κ2) is 12.9. The van der Waals surface area contributed by atoms with Gasteiger partial charge in [0.25, 0.3) is 5.91 Å². The number of rotatable bonds is 14. The average Bonchev–Trinajstić information content (AvgIpc) is 3.48. The van der Waals surface area contributed by atoms with Gasteiger partial charge in [-0.2, -0.15) is 0 Å². The first-order valence-electron chi connectivity index (χ1n) is 11.7. The summed E-state index contributed by atoms with van der Waals surface area (Å²) in [6, 6.07) is 6.20. The summed E-state index contributed by atoms with van der Waals surface area (Å²) in [5.74, 6) is -1.98. The van der Waals surface area contributed by atoms with Crippen molar-refractivity contribution in [2.24, 2.45) is 0 Å². The molecule has 11 nitrogen and oxygen atoms in total. The molecule has 0 saturated carbocycles. The van der Waals surface area contributed by atoms with E-state index in [1.54, 1.807) is 13.8 Å². The van der Waals surface area contributed by atoms with E-state index in [0.717, 1.165) is 5.56 Å². The molecule has 3 amide bonds. The Morgan fingerprint density at radius 1 is 1.03 bits per heavy atom. The quantitative estimate of drug-likeness (QED) is 0.304. The molecule has 1 saturated heterocycles. The molecular weight excluding hydrogens is 500 g/mol. The zero-order valence-electron chi connectivity index (χ0n) is 21.2. The summed E-state index contributed by atoms with van der Waals surface area (Å²) in [5.41, 5.74) is -0.0887. The highest BCUT2D eigenvalue weighted by Gasteiger charge is 2.50. The minimum absolute atomic E-state index is 0. The molecule has 1 fully saturated rings. The Kier molecular flexibility index (Phi) is 9.86. The van der Waals surface area contributed by atoms with Crippen molar-refractivity contribution in [3.63, 3.8) is 0 Å². The third-order valence-electron chi connectivity index (χ3n) is 5.78. The van der Waals surface area contributed by atoms with Crippen LogP contribution in [0.25, 0.3) is 0 Å². The monoisotopic (exact) mass is 538 g/mol. The fourth-order valence-electron chi connectivity index (χ4n) is 3.62. The molecule has 2 aromatic rings. The number of aryl methyl sites for hydroxylation is 1. The van der Waals surface area contributed by atoms with E-state index in [2.05, 4.69) is 20.9 Å². The van der Waals surface area contributed by atoms with Gasteiger partial charge in [-0.25, -0.2) is 4.98 Å². The summed E-state index contributed by atoms with van der Waals surface area (Å²) >= 11 is 1.19. The maximum Gasteiger partial charge on any atom is 0.263 e. The third-order valence-corrected chi connectivity index (χ3v) is 6.69. The Hall–Kier alpha value is -3.19. The highest BCUT2D eigenvalue weighted by atomic mass is 32.1. The molecule has 3 N–H and O–H groups in total. The second-order valence-electron chi connectivity index (χ2n) is 8.88. The number of thiazole rings is 1. The smallest absolute Gasteiger partial charge is 0.263 e. The summed E-state index contributed by atoms with van der Waals surface area (Å²) in [5, 5.41) is 8.67. The Morgan fingerprint density at radius 2 is 1.59 bits per heavy atom. The molecule has 0 bridgehead atoms. The molecule has 12 heteroatoms. The number of nitrogens with zero attached hydrogens (tertiary/aromatic N) is 1. The molecule has 3 unspecified atom stereocenters. The molecule has 1 aromatic heterocycles. The predicted octanol–water partition coefficient (Wildman–Crippen LogP) is 1.15. The number of amides is 3. The number of ether oxygens (including phenoxy) is 3. The predicted molar refractivity (Wildman–Crippen MR) is 142 cm³/mol. The van der Waals surface area contributed by atoms with E-state index < -0.39 is 41.4 Å². The average molecular weight is 539 g/mol. The number of hydrogen-bond acceptors (Lipinski definition) is 9. The van der Waals surface area contributed by atoms with Crippen LogP contribution in [0.4, 0.5) is 0 Å². The van der Waals surface area contributed by atoms with Crippen LogP contribution in [0.1, 0.15) is 31.4 Å². The van der Waals surface area contributed by atoms with E-state index in [0.29, 0.717) is 9.88 Å². The molecule has 2 heterocycles. The summed E-state index contributed by atoms with van der Waals surface area (Å²) in [6.45, 7) is 3.44. The Balaban J connectivity index is 0.00000507. The standard InChI is InChI=1S/C25H32N4O7S.3H2/c1-15-26-11-20(37-15)24(33)29-19(13-35-4)23(32)28-18(12-34-3)22(31)27-17(21(30)25(2)14-36-25)10-16-8-6-5-7-9-16;;;/h5-9,11,17-19H,10,12-14H2,1-4H3,(H,27,31)(H,28,32)(H,29,33);3*1H/t17?,18-,19?,25?;;;/m0.../s1. The summed E-state index contributed by atoms with van der Waals surface area (Å²) in [6.07, 6.45) is 1.68.